The van der Waals surface area contributed by atoms with E-state index in [4.69, 9.17) is 11.6 Å². The van der Waals surface area contributed by atoms with Crippen LogP contribution in [0.25, 0.3) is 0 Å². The van der Waals surface area contributed by atoms with Crippen molar-refractivity contribution in [3.8, 4) is 0 Å². The SMILES string of the molecule is CCNC(=NCC(=O)NC1CC1)NCC(c1ccccc1Cl)N(CC)CC. The van der Waals surface area contributed by atoms with Crippen molar-refractivity contribution in [2.45, 2.75) is 45.7 Å². The van der Waals surface area contributed by atoms with Crippen LogP contribution in [0.15, 0.2) is 29.3 Å². The van der Waals surface area contributed by atoms with Gasteiger partial charge in [0.05, 0.1) is 6.04 Å². The minimum atomic E-state index is -0.0268. The van der Waals surface area contributed by atoms with Crippen molar-refractivity contribution in [3.63, 3.8) is 0 Å². The van der Waals surface area contributed by atoms with Crippen molar-refractivity contribution >= 4 is 23.5 Å². The van der Waals surface area contributed by atoms with Crippen LogP contribution in [0.5, 0.6) is 0 Å². The maximum atomic E-state index is 11.9. The molecule has 7 heteroatoms. The summed E-state index contributed by atoms with van der Waals surface area (Å²) < 4.78 is 0. The number of guanidine groups is 1. The van der Waals surface area contributed by atoms with Crippen LogP contribution in [0.3, 0.4) is 0 Å². The third-order valence-corrected chi connectivity index (χ3v) is 4.99. The summed E-state index contributed by atoms with van der Waals surface area (Å²) in [4.78, 5) is 18.7. The predicted octanol–water partition coefficient (Wildman–Crippen LogP) is 2.56. The van der Waals surface area contributed by atoms with Crippen LogP contribution in [-0.4, -0.2) is 55.5 Å². The van der Waals surface area contributed by atoms with E-state index in [-0.39, 0.29) is 18.5 Å². The average Bonchev–Trinajstić information content (AvgIpc) is 3.47. The summed E-state index contributed by atoms with van der Waals surface area (Å²) in [6.45, 7) is 9.67. The van der Waals surface area contributed by atoms with Crippen molar-refractivity contribution in [3.05, 3.63) is 34.9 Å². The molecule has 1 aromatic rings. The monoisotopic (exact) mass is 393 g/mol. The second kappa shape index (κ2) is 11.1. The van der Waals surface area contributed by atoms with Gasteiger partial charge in [-0.2, -0.15) is 0 Å². The standard InChI is InChI=1S/C20H32ClN5O/c1-4-22-20(24-14-19(27)25-15-11-12-15)23-13-18(26(5-2)6-3)16-9-7-8-10-17(16)21/h7-10,15,18H,4-6,11-14H2,1-3H3,(H,25,27)(H2,22,23,24). The number of benzene rings is 1. The lowest BCUT2D eigenvalue weighted by molar-refractivity contribution is -0.119. The van der Waals surface area contributed by atoms with Crippen LogP contribution >= 0.6 is 11.6 Å². The molecule has 0 bridgehead atoms. The lowest BCUT2D eigenvalue weighted by Gasteiger charge is -2.31. The van der Waals surface area contributed by atoms with E-state index in [9.17, 15) is 4.79 Å². The Kier molecular flexibility index (Phi) is 8.88. The molecule has 0 heterocycles. The van der Waals surface area contributed by atoms with Gasteiger partial charge in [0.2, 0.25) is 5.91 Å². The normalized spacial score (nSPS) is 15.5. The van der Waals surface area contributed by atoms with E-state index in [1.165, 1.54) is 0 Å². The smallest absolute Gasteiger partial charge is 0.242 e. The first-order valence-corrected chi connectivity index (χ1v) is 10.3. The molecule has 0 aromatic heterocycles. The zero-order valence-electron chi connectivity index (χ0n) is 16.6. The Balaban J connectivity index is 2.04. The van der Waals surface area contributed by atoms with E-state index in [2.05, 4.69) is 45.8 Å². The highest BCUT2D eigenvalue weighted by molar-refractivity contribution is 6.31. The Morgan fingerprint density at radius 3 is 2.52 bits per heavy atom. The van der Waals surface area contributed by atoms with Crippen molar-refractivity contribution in [1.29, 1.82) is 0 Å². The van der Waals surface area contributed by atoms with Crippen molar-refractivity contribution in [1.82, 2.24) is 20.9 Å². The van der Waals surface area contributed by atoms with E-state index in [1.54, 1.807) is 0 Å². The van der Waals surface area contributed by atoms with Crippen LogP contribution < -0.4 is 16.0 Å². The number of carbonyl (C=O) groups excluding carboxylic acids is 1. The first-order valence-electron chi connectivity index (χ1n) is 9.89. The van der Waals surface area contributed by atoms with Gasteiger partial charge in [0.15, 0.2) is 5.96 Å². The summed E-state index contributed by atoms with van der Waals surface area (Å²) in [6.07, 6.45) is 2.16. The number of hydrogen-bond donors (Lipinski definition) is 3. The van der Waals surface area contributed by atoms with Gasteiger partial charge >= 0.3 is 0 Å². The van der Waals surface area contributed by atoms with Gasteiger partial charge in [0.25, 0.3) is 0 Å². The molecular weight excluding hydrogens is 362 g/mol. The Morgan fingerprint density at radius 1 is 1.22 bits per heavy atom. The number of rotatable bonds is 10. The predicted molar refractivity (Wildman–Crippen MR) is 112 cm³/mol. The lowest BCUT2D eigenvalue weighted by Crippen LogP contribution is -2.44. The molecule has 0 aliphatic heterocycles. The molecule has 0 radical (unpaired) electrons. The minimum absolute atomic E-state index is 0.0268. The van der Waals surface area contributed by atoms with Gasteiger partial charge in [0, 0.05) is 24.2 Å². The summed E-state index contributed by atoms with van der Waals surface area (Å²) >= 11 is 6.46. The quantitative estimate of drug-likeness (QED) is 0.422. The molecule has 0 spiro atoms. The van der Waals surface area contributed by atoms with E-state index in [0.717, 1.165) is 43.1 Å². The number of likely N-dealkylation sites (N-methyl/N-ethyl adjacent to an activating group) is 1. The van der Waals surface area contributed by atoms with E-state index < -0.39 is 0 Å². The van der Waals surface area contributed by atoms with Gasteiger partial charge in [-0.25, -0.2) is 4.99 Å². The molecule has 1 atom stereocenters. The van der Waals surface area contributed by atoms with E-state index in [0.29, 0.717) is 18.5 Å². The fraction of sp³-hybridized carbons (Fsp3) is 0.600. The number of amides is 1. The Labute approximate surface area is 167 Å². The number of nitrogens with one attached hydrogen (secondary N) is 3. The summed E-state index contributed by atoms with van der Waals surface area (Å²) in [5.41, 5.74) is 1.10. The molecule has 1 aliphatic carbocycles. The average molecular weight is 394 g/mol. The van der Waals surface area contributed by atoms with Crippen molar-refractivity contribution in [2.24, 2.45) is 4.99 Å². The largest absolute Gasteiger partial charge is 0.357 e. The molecule has 1 amide bonds. The number of nitrogens with zero attached hydrogens (tertiary/aromatic N) is 2. The Hall–Kier alpha value is -1.79. The fourth-order valence-corrected chi connectivity index (χ4v) is 3.29. The number of carbonyl (C=O) groups is 1. The summed E-state index contributed by atoms with van der Waals surface area (Å²) in [5, 5.41) is 10.3. The molecule has 1 fully saturated rings. The Bertz CT molecular complexity index is 629. The highest BCUT2D eigenvalue weighted by Crippen LogP contribution is 2.26. The molecule has 27 heavy (non-hydrogen) atoms. The maximum absolute atomic E-state index is 11.9. The van der Waals surface area contributed by atoms with E-state index in [1.807, 2.05) is 25.1 Å². The van der Waals surface area contributed by atoms with Gasteiger partial charge < -0.3 is 16.0 Å². The van der Waals surface area contributed by atoms with Crippen LogP contribution in [0, 0.1) is 0 Å². The minimum Gasteiger partial charge on any atom is -0.357 e. The third kappa shape index (κ3) is 7.03. The molecule has 6 nitrogen and oxygen atoms in total. The van der Waals surface area contributed by atoms with E-state index >= 15 is 0 Å². The second-order valence-corrected chi connectivity index (χ2v) is 7.08. The molecule has 150 valence electrons. The third-order valence-electron chi connectivity index (χ3n) is 4.65. The molecule has 1 aromatic carbocycles. The first kappa shape index (κ1) is 21.5. The van der Waals surface area contributed by atoms with Gasteiger partial charge in [-0.3, -0.25) is 9.69 Å². The van der Waals surface area contributed by atoms with Crippen LogP contribution in [-0.2, 0) is 4.79 Å². The summed E-state index contributed by atoms with van der Waals surface area (Å²) in [7, 11) is 0. The molecule has 3 N–H and O–H groups in total. The summed E-state index contributed by atoms with van der Waals surface area (Å²) in [5.74, 6) is 0.619. The number of aliphatic imine (C=N–C) groups is 1. The van der Waals surface area contributed by atoms with Crippen LogP contribution in [0.1, 0.15) is 45.2 Å². The van der Waals surface area contributed by atoms with Crippen LogP contribution in [0.4, 0.5) is 0 Å². The fourth-order valence-electron chi connectivity index (χ4n) is 3.03. The first-order chi connectivity index (χ1) is 13.1. The molecule has 0 saturated heterocycles. The van der Waals surface area contributed by atoms with Crippen molar-refractivity contribution < 1.29 is 4.79 Å². The second-order valence-electron chi connectivity index (χ2n) is 6.68. The number of hydrogen-bond acceptors (Lipinski definition) is 3. The van der Waals surface area contributed by atoms with Gasteiger partial charge in [-0.15, -0.1) is 0 Å². The van der Waals surface area contributed by atoms with Gasteiger partial charge in [0.1, 0.15) is 6.54 Å². The Morgan fingerprint density at radius 2 is 1.93 bits per heavy atom. The summed E-state index contributed by atoms with van der Waals surface area (Å²) in [6, 6.07) is 8.44. The van der Waals surface area contributed by atoms with Gasteiger partial charge in [-0.1, -0.05) is 43.6 Å². The number of halogens is 1. The molecule has 1 saturated carbocycles. The topological polar surface area (TPSA) is 68.8 Å². The maximum Gasteiger partial charge on any atom is 0.242 e. The molecule has 2 rings (SSSR count). The lowest BCUT2D eigenvalue weighted by atomic mass is 10.0. The van der Waals surface area contributed by atoms with Crippen LogP contribution in [0.2, 0.25) is 5.02 Å². The van der Waals surface area contributed by atoms with Gasteiger partial charge in [-0.05, 0) is 44.5 Å². The molecule has 1 unspecified atom stereocenters. The van der Waals surface area contributed by atoms with Crippen molar-refractivity contribution in [2.75, 3.05) is 32.7 Å². The highest BCUT2D eigenvalue weighted by Gasteiger charge is 2.23. The zero-order chi connectivity index (χ0) is 19.6. The highest BCUT2D eigenvalue weighted by atomic mass is 35.5. The zero-order valence-corrected chi connectivity index (χ0v) is 17.4. The molecule has 1 aliphatic rings. The molecular formula is C20H32ClN5O.